The third-order valence-electron chi connectivity index (χ3n) is 2.03. The van der Waals surface area contributed by atoms with Gasteiger partial charge in [0.05, 0.1) is 5.56 Å². The highest BCUT2D eigenvalue weighted by Gasteiger charge is 2.25. The zero-order valence-electron chi connectivity index (χ0n) is 6.53. The molecular formula is C8H7N3O. The van der Waals surface area contributed by atoms with Crippen LogP contribution in [-0.4, -0.2) is 10.5 Å². The van der Waals surface area contributed by atoms with Crippen molar-refractivity contribution in [1.29, 1.82) is 5.26 Å². The SMILES string of the molecule is CC1C(=O)Nc2cc(C#N)cn21. The Bertz CT molecular complexity index is 385. The second kappa shape index (κ2) is 2.11. The molecule has 1 aliphatic heterocycles. The van der Waals surface area contributed by atoms with E-state index >= 15 is 0 Å². The van der Waals surface area contributed by atoms with Gasteiger partial charge in [0.25, 0.3) is 0 Å². The number of fused-ring (bicyclic) bond motifs is 1. The average molecular weight is 161 g/mol. The van der Waals surface area contributed by atoms with Gasteiger partial charge in [-0.05, 0) is 13.0 Å². The zero-order chi connectivity index (χ0) is 8.72. The van der Waals surface area contributed by atoms with E-state index in [2.05, 4.69) is 5.32 Å². The van der Waals surface area contributed by atoms with E-state index in [4.69, 9.17) is 5.26 Å². The third-order valence-corrected chi connectivity index (χ3v) is 2.03. The predicted octanol–water partition coefficient (Wildman–Crippen LogP) is 0.873. The highest BCUT2D eigenvalue weighted by molar-refractivity contribution is 5.97. The number of carbonyl (C=O) groups excluding carboxylic acids is 1. The summed E-state index contributed by atoms with van der Waals surface area (Å²) in [5.74, 6) is 0.693. The van der Waals surface area contributed by atoms with Crippen molar-refractivity contribution in [2.24, 2.45) is 0 Å². The van der Waals surface area contributed by atoms with Gasteiger partial charge >= 0.3 is 0 Å². The van der Waals surface area contributed by atoms with Gasteiger partial charge in [-0.1, -0.05) is 0 Å². The van der Waals surface area contributed by atoms with Crippen molar-refractivity contribution in [3.8, 4) is 6.07 Å². The van der Waals surface area contributed by atoms with Gasteiger partial charge in [-0.25, -0.2) is 0 Å². The second-order valence-corrected chi connectivity index (χ2v) is 2.80. The van der Waals surface area contributed by atoms with Gasteiger partial charge in [-0.15, -0.1) is 0 Å². The number of nitriles is 1. The van der Waals surface area contributed by atoms with Crippen molar-refractivity contribution < 1.29 is 4.79 Å². The molecule has 4 heteroatoms. The molecule has 2 heterocycles. The number of rotatable bonds is 0. The Balaban J connectivity index is 2.50. The molecule has 0 aliphatic carbocycles. The minimum atomic E-state index is -0.193. The van der Waals surface area contributed by atoms with Crippen LogP contribution < -0.4 is 5.32 Å². The fraction of sp³-hybridized carbons (Fsp3) is 0.250. The summed E-state index contributed by atoms with van der Waals surface area (Å²) in [5, 5.41) is 11.2. The molecule has 1 amide bonds. The summed E-state index contributed by atoms with van der Waals surface area (Å²) in [5.41, 5.74) is 0.580. The average Bonchev–Trinajstić information content (AvgIpc) is 2.55. The molecule has 1 aromatic heterocycles. The lowest BCUT2D eigenvalue weighted by Crippen LogP contribution is -2.11. The normalized spacial score (nSPS) is 20.0. The number of anilines is 1. The first-order chi connectivity index (χ1) is 5.72. The van der Waals surface area contributed by atoms with E-state index in [0.717, 1.165) is 0 Å². The molecule has 1 aromatic rings. The van der Waals surface area contributed by atoms with E-state index < -0.39 is 0 Å². The molecule has 2 rings (SSSR count). The molecule has 0 radical (unpaired) electrons. The van der Waals surface area contributed by atoms with Gasteiger partial charge in [-0.2, -0.15) is 5.26 Å². The van der Waals surface area contributed by atoms with Crippen LogP contribution in [-0.2, 0) is 4.79 Å². The van der Waals surface area contributed by atoms with Gasteiger partial charge in [0.15, 0.2) is 0 Å². The summed E-state index contributed by atoms with van der Waals surface area (Å²) in [6.07, 6.45) is 1.68. The lowest BCUT2D eigenvalue weighted by atomic mass is 10.3. The number of aromatic nitrogens is 1. The molecule has 1 unspecified atom stereocenters. The maximum absolute atomic E-state index is 11.1. The Labute approximate surface area is 69.4 Å². The lowest BCUT2D eigenvalue weighted by Gasteiger charge is -1.99. The topological polar surface area (TPSA) is 57.8 Å². The molecule has 12 heavy (non-hydrogen) atoms. The van der Waals surface area contributed by atoms with Crippen LogP contribution in [0.15, 0.2) is 12.3 Å². The smallest absolute Gasteiger partial charge is 0.248 e. The van der Waals surface area contributed by atoms with Crippen molar-refractivity contribution in [1.82, 2.24) is 4.57 Å². The molecule has 1 N–H and O–H groups in total. The first kappa shape index (κ1) is 6.92. The Hall–Kier alpha value is -1.76. The lowest BCUT2D eigenvalue weighted by molar-refractivity contribution is -0.117. The quantitative estimate of drug-likeness (QED) is 0.613. The van der Waals surface area contributed by atoms with Crippen molar-refractivity contribution in [2.45, 2.75) is 13.0 Å². The number of hydrogen-bond acceptors (Lipinski definition) is 2. The van der Waals surface area contributed by atoms with E-state index in [0.29, 0.717) is 11.4 Å². The number of carbonyl (C=O) groups is 1. The minimum Gasteiger partial charge on any atom is -0.321 e. The van der Waals surface area contributed by atoms with Crippen molar-refractivity contribution in [3.05, 3.63) is 17.8 Å². The Morgan fingerprint density at radius 2 is 2.50 bits per heavy atom. The van der Waals surface area contributed by atoms with Crippen molar-refractivity contribution in [2.75, 3.05) is 5.32 Å². The summed E-state index contributed by atoms with van der Waals surface area (Å²) < 4.78 is 1.76. The maximum Gasteiger partial charge on any atom is 0.248 e. The predicted molar refractivity (Wildman–Crippen MR) is 42.5 cm³/mol. The summed E-state index contributed by atoms with van der Waals surface area (Å²) in [6, 6.07) is 3.50. The Morgan fingerprint density at radius 1 is 1.75 bits per heavy atom. The Morgan fingerprint density at radius 3 is 3.08 bits per heavy atom. The highest BCUT2D eigenvalue weighted by Crippen LogP contribution is 2.26. The van der Waals surface area contributed by atoms with Crippen LogP contribution in [0.4, 0.5) is 5.82 Å². The van der Waals surface area contributed by atoms with E-state index in [-0.39, 0.29) is 11.9 Å². The van der Waals surface area contributed by atoms with Gasteiger partial charge in [0, 0.05) is 6.20 Å². The number of nitrogens with one attached hydrogen (secondary N) is 1. The zero-order valence-corrected chi connectivity index (χ0v) is 6.53. The summed E-state index contributed by atoms with van der Waals surface area (Å²) >= 11 is 0. The first-order valence-electron chi connectivity index (χ1n) is 3.65. The van der Waals surface area contributed by atoms with Gasteiger partial charge in [0.2, 0.25) is 5.91 Å². The van der Waals surface area contributed by atoms with Crippen molar-refractivity contribution in [3.63, 3.8) is 0 Å². The van der Waals surface area contributed by atoms with E-state index in [1.165, 1.54) is 0 Å². The van der Waals surface area contributed by atoms with Crippen LogP contribution in [0.5, 0.6) is 0 Å². The van der Waals surface area contributed by atoms with E-state index in [1.54, 1.807) is 23.8 Å². The van der Waals surface area contributed by atoms with Crippen LogP contribution in [0.3, 0.4) is 0 Å². The fourth-order valence-corrected chi connectivity index (χ4v) is 1.32. The highest BCUT2D eigenvalue weighted by atomic mass is 16.2. The van der Waals surface area contributed by atoms with Gasteiger partial charge in [0.1, 0.15) is 17.9 Å². The molecule has 0 bridgehead atoms. The molecule has 0 saturated carbocycles. The number of hydrogen-bond donors (Lipinski definition) is 1. The van der Waals surface area contributed by atoms with Crippen LogP contribution >= 0.6 is 0 Å². The molecule has 0 fully saturated rings. The minimum absolute atomic E-state index is 0.0190. The number of nitrogens with zero attached hydrogens (tertiary/aromatic N) is 2. The van der Waals surface area contributed by atoms with Crippen LogP contribution in [0.2, 0.25) is 0 Å². The molecule has 1 aliphatic rings. The van der Waals surface area contributed by atoms with Gasteiger partial charge < -0.3 is 9.88 Å². The third kappa shape index (κ3) is 0.735. The molecular weight excluding hydrogens is 154 g/mol. The largest absolute Gasteiger partial charge is 0.321 e. The molecule has 0 spiro atoms. The van der Waals surface area contributed by atoms with Crippen LogP contribution in [0.1, 0.15) is 18.5 Å². The molecule has 4 nitrogen and oxygen atoms in total. The van der Waals surface area contributed by atoms with Gasteiger partial charge in [-0.3, -0.25) is 4.79 Å². The fourth-order valence-electron chi connectivity index (χ4n) is 1.32. The van der Waals surface area contributed by atoms with E-state index in [9.17, 15) is 4.79 Å². The maximum atomic E-state index is 11.1. The molecule has 1 atom stereocenters. The van der Waals surface area contributed by atoms with Crippen LogP contribution in [0.25, 0.3) is 0 Å². The van der Waals surface area contributed by atoms with Crippen LogP contribution in [0, 0.1) is 11.3 Å². The van der Waals surface area contributed by atoms with Crippen molar-refractivity contribution >= 4 is 11.7 Å². The summed E-state index contributed by atoms with van der Waals surface area (Å²) in [6.45, 7) is 1.80. The molecule has 0 saturated heterocycles. The number of amides is 1. The monoisotopic (exact) mass is 161 g/mol. The standard InChI is InChI=1S/C8H7N3O/c1-5-8(12)10-7-2-6(3-9)4-11(5)7/h2,4-5H,1H3,(H,10,12). The van der Waals surface area contributed by atoms with E-state index in [1.807, 2.05) is 6.07 Å². The Kier molecular flexibility index (Phi) is 1.22. The second-order valence-electron chi connectivity index (χ2n) is 2.80. The molecule has 0 aromatic carbocycles. The summed E-state index contributed by atoms with van der Waals surface area (Å²) in [7, 11) is 0. The molecule has 60 valence electrons. The summed E-state index contributed by atoms with van der Waals surface area (Å²) in [4.78, 5) is 11.1. The first-order valence-corrected chi connectivity index (χ1v) is 3.65.